The summed E-state index contributed by atoms with van der Waals surface area (Å²) < 4.78 is 0. The van der Waals surface area contributed by atoms with Gasteiger partial charge in [-0.3, -0.25) is 4.99 Å². The van der Waals surface area contributed by atoms with Crippen molar-refractivity contribution < 1.29 is 0 Å². The molecule has 1 unspecified atom stereocenters. The number of rotatable bonds is 5. The summed E-state index contributed by atoms with van der Waals surface area (Å²) in [5.41, 5.74) is 9.56. The summed E-state index contributed by atoms with van der Waals surface area (Å²) in [5, 5.41) is 3.18. The molecular weight excluding hydrogens is 260 g/mol. The molecule has 0 saturated carbocycles. The van der Waals surface area contributed by atoms with Crippen molar-refractivity contribution in [2.24, 2.45) is 16.6 Å². The third-order valence-electron chi connectivity index (χ3n) is 4.21. The second-order valence-corrected chi connectivity index (χ2v) is 6.11. The van der Waals surface area contributed by atoms with E-state index in [0.29, 0.717) is 11.9 Å². The van der Waals surface area contributed by atoms with Crippen molar-refractivity contribution in [2.75, 3.05) is 31.5 Å². The first-order valence-corrected chi connectivity index (χ1v) is 7.95. The number of benzene rings is 1. The molecule has 0 radical (unpaired) electrons. The van der Waals surface area contributed by atoms with Gasteiger partial charge < -0.3 is 16.0 Å². The number of hydrogen-bond acceptors (Lipinski definition) is 2. The van der Waals surface area contributed by atoms with E-state index in [-0.39, 0.29) is 0 Å². The highest BCUT2D eigenvalue weighted by Gasteiger charge is 2.21. The fourth-order valence-corrected chi connectivity index (χ4v) is 2.82. The third kappa shape index (κ3) is 4.74. The average Bonchev–Trinajstić information content (AvgIpc) is 2.89. The largest absolute Gasteiger partial charge is 0.370 e. The Balaban J connectivity index is 1.83. The van der Waals surface area contributed by atoms with Gasteiger partial charge in [-0.15, -0.1) is 0 Å². The molecule has 21 heavy (non-hydrogen) atoms. The predicted molar refractivity (Wildman–Crippen MR) is 90.9 cm³/mol. The maximum absolute atomic E-state index is 5.99. The van der Waals surface area contributed by atoms with Crippen LogP contribution in [0.2, 0.25) is 0 Å². The first-order valence-electron chi connectivity index (χ1n) is 7.95. The predicted octanol–water partition coefficient (Wildman–Crippen LogP) is 2.76. The zero-order chi connectivity index (χ0) is 15.2. The lowest BCUT2D eigenvalue weighted by atomic mass is 10.1. The van der Waals surface area contributed by atoms with Gasteiger partial charge in [0.25, 0.3) is 0 Å². The van der Waals surface area contributed by atoms with Crippen LogP contribution in [0.5, 0.6) is 0 Å². The molecule has 1 aliphatic heterocycles. The standard InChI is InChI=1S/C17H28N4/c1-4-8-21-9-7-15(12-21)11-19-17(18)20-16-6-5-13(2)14(3)10-16/h5-6,10,15H,4,7-9,11-12H2,1-3H3,(H3,18,19,20). The molecule has 0 bridgehead atoms. The minimum absolute atomic E-state index is 0.521. The van der Waals surface area contributed by atoms with E-state index in [9.17, 15) is 0 Å². The van der Waals surface area contributed by atoms with E-state index in [1.807, 2.05) is 6.07 Å². The molecule has 0 aromatic heterocycles. The Labute approximate surface area is 128 Å². The van der Waals surface area contributed by atoms with E-state index in [0.717, 1.165) is 18.8 Å². The molecule has 0 aliphatic carbocycles. The maximum Gasteiger partial charge on any atom is 0.193 e. The number of nitrogens with one attached hydrogen (secondary N) is 1. The van der Waals surface area contributed by atoms with Crippen LogP contribution in [0.25, 0.3) is 0 Å². The van der Waals surface area contributed by atoms with Crippen molar-refractivity contribution in [1.29, 1.82) is 0 Å². The number of aliphatic imine (C=N–C) groups is 1. The monoisotopic (exact) mass is 288 g/mol. The summed E-state index contributed by atoms with van der Waals surface area (Å²) >= 11 is 0. The lowest BCUT2D eigenvalue weighted by molar-refractivity contribution is 0.326. The van der Waals surface area contributed by atoms with Crippen molar-refractivity contribution >= 4 is 11.6 Å². The SMILES string of the molecule is CCCN1CCC(CN=C(N)Nc2ccc(C)c(C)c2)C1. The Hall–Kier alpha value is -1.55. The summed E-state index contributed by atoms with van der Waals surface area (Å²) in [6.45, 7) is 10.8. The van der Waals surface area contributed by atoms with Crippen LogP contribution in [0.15, 0.2) is 23.2 Å². The van der Waals surface area contributed by atoms with Crippen molar-refractivity contribution in [3.63, 3.8) is 0 Å². The topological polar surface area (TPSA) is 53.6 Å². The Morgan fingerprint density at radius 2 is 2.19 bits per heavy atom. The number of anilines is 1. The van der Waals surface area contributed by atoms with Gasteiger partial charge in [-0.2, -0.15) is 0 Å². The van der Waals surface area contributed by atoms with Crippen LogP contribution in [-0.4, -0.2) is 37.0 Å². The molecule has 116 valence electrons. The molecule has 1 heterocycles. The molecule has 0 amide bonds. The molecule has 1 fully saturated rings. The maximum atomic E-state index is 5.99. The Morgan fingerprint density at radius 3 is 2.90 bits per heavy atom. The lowest BCUT2D eigenvalue weighted by Gasteiger charge is -2.14. The number of guanidine groups is 1. The summed E-state index contributed by atoms with van der Waals surface area (Å²) in [4.78, 5) is 7.03. The molecule has 1 saturated heterocycles. The Bertz CT molecular complexity index is 496. The number of aryl methyl sites for hydroxylation is 2. The summed E-state index contributed by atoms with van der Waals surface area (Å²) in [6, 6.07) is 6.25. The van der Waals surface area contributed by atoms with Gasteiger partial charge >= 0.3 is 0 Å². The first-order chi connectivity index (χ1) is 10.1. The van der Waals surface area contributed by atoms with Crippen LogP contribution in [0.4, 0.5) is 5.69 Å². The number of nitrogens with two attached hydrogens (primary N) is 1. The summed E-state index contributed by atoms with van der Waals surface area (Å²) in [6.07, 6.45) is 2.47. The first kappa shape index (κ1) is 15.8. The molecule has 3 N–H and O–H groups in total. The molecule has 4 heteroatoms. The molecule has 0 spiro atoms. The van der Waals surface area contributed by atoms with Gasteiger partial charge in [-0.05, 0) is 69.0 Å². The van der Waals surface area contributed by atoms with Crippen LogP contribution in [0, 0.1) is 19.8 Å². The Kier molecular flexibility index (Phi) is 5.62. The van der Waals surface area contributed by atoms with Gasteiger partial charge in [0.2, 0.25) is 0 Å². The minimum atomic E-state index is 0.521. The highest BCUT2D eigenvalue weighted by Crippen LogP contribution is 2.17. The quantitative estimate of drug-likeness (QED) is 0.647. The van der Waals surface area contributed by atoms with Gasteiger partial charge in [0.15, 0.2) is 5.96 Å². The van der Waals surface area contributed by atoms with Crippen molar-refractivity contribution in [2.45, 2.75) is 33.6 Å². The van der Waals surface area contributed by atoms with Crippen molar-refractivity contribution in [3.05, 3.63) is 29.3 Å². The second kappa shape index (κ2) is 7.46. The number of nitrogens with zero attached hydrogens (tertiary/aromatic N) is 2. The van der Waals surface area contributed by atoms with Gasteiger partial charge in [-0.25, -0.2) is 0 Å². The number of hydrogen-bond donors (Lipinski definition) is 2. The molecule has 1 aromatic rings. The average molecular weight is 288 g/mol. The van der Waals surface area contributed by atoms with E-state index in [1.54, 1.807) is 0 Å². The van der Waals surface area contributed by atoms with E-state index in [1.165, 1.54) is 37.1 Å². The zero-order valence-corrected chi connectivity index (χ0v) is 13.5. The van der Waals surface area contributed by atoms with Crippen LogP contribution in [0.1, 0.15) is 30.9 Å². The van der Waals surface area contributed by atoms with Crippen LogP contribution in [0.3, 0.4) is 0 Å². The molecule has 4 nitrogen and oxygen atoms in total. The number of likely N-dealkylation sites (tertiary alicyclic amines) is 1. The molecule has 2 rings (SSSR count). The van der Waals surface area contributed by atoms with E-state index >= 15 is 0 Å². The zero-order valence-electron chi connectivity index (χ0n) is 13.5. The molecule has 1 atom stereocenters. The van der Waals surface area contributed by atoms with Crippen molar-refractivity contribution in [1.82, 2.24) is 4.90 Å². The fraction of sp³-hybridized carbons (Fsp3) is 0.588. The smallest absolute Gasteiger partial charge is 0.193 e. The van der Waals surface area contributed by atoms with Crippen LogP contribution >= 0.6 is 0 Å². The summed E-state index contributed by atoms with van der Waals surface area (Å²) in [5.74, 6) is 1.17. The highest BCUT2D eigenvalue weighted by atomic mass is 15.2. The van der Waals surface area contributed by atoms with Gasteiger partial charge in [0, 0.05) is 18.8 Å². The van der Waals surface area contributed by atoms with Gasteiger partial charge in [0.1, 0.15) is 0 Å². The van der Waals surface area contributed by atoms with Gasteiger partial charge in [0.05, 0.1) is 0 Å². The fourth-order valence-electron chi connectivity index (χ4n) is 2.82. The normalized spacial score (nSPS) is 20.0. The van der Waals surface area contributed by atoms with E-state index in [4.69, 9.17) is 5.73 Å². The third-order valence-corrected chi connectivity index (χ3v) is 4.21. The molecule has 1 aliphatic rings. The van der Waals surface area contributed by atoms with E-state index in [2.05, 4.69) is 48.1 Å². The Morgan fingerprint density at radius 1 is 1.38 bits per heavy atom. The summed E-state index contributed by atoms with van der Waals surface area (Å²) in [7, 11) is 0. The second-order valence-electron chi connectivity index (χ2n) is 6.11. The lowest BCUT2D eigenvalue weighted by Crippen LogP contribution is -2.25. The van der Waals surface area contributed by atoms with Crippen molar-refractivity contribution in [3.8, 4) is 0 Å². The van der Waals surface area contributed by atoms with Crippen LogP contribution in [-0.2, 0) is 0 Å². The van der Waals surface area contributed by atoms with Gasteiger partial charge in [-0.1, -0.05) is 13.0 Å². The van der Waals surface area contributed by atoms with E-state index < -0.39 is 0 Å². The van der Waals surface area contributed by atoms with Crippen LogP contribution < -0.4 is 11.1 Å². The molecule has 1 aromatic carbocycles. The minimum Gasteiger partial charge on any atom is -0.370 e. The molecular formula is C17H28N4. The highest BCUT2D eigenvalue weighted by molar-refractivity contribution is 5.92.